The molecule has 2 aromatic carbocycles. The van der Waals surface area contributed by atoms with Gasteiger partial charge in [0.1, 0.15) is 16.9 Å². The molecule has 3 N–H and O–H groups in total. The molecule has 0 spiro atoms. The number of rotatable bonds is 5. The van der Waals surface area contributed by atoms with Crippen LogP contribution in [0.4, 0.5) is 5.82 Å². The molecule has 0 aliphatic carbocycles. The molecule has 0 atom stereocenters. The molecule has 154 valence electrons. The van der Waals surface area contributed by atoms with E-state index in [1.807, 2.05) is 58.5 Å². The van der Waals surface area contributed by atoms with Crippen LogP contribution in [0.15, 0.2) is 66.0 Å². The Morgan fingerprint density at radius 1 is 1.03 bits per heavy atom. The third-order valence-electron chi connectivity index (χ3n) is 5.33. The zero-order valence-corrected chi connectivity index (χ0v) is 17.8. The van der Waals surface area contributed by atoms with Gasteiger partial charge in [-0.05, 0) is 47.7 Å². The Balaban J connectivity index is 1.68. The highest BCUT2D eigenvalue weighted by Gasteiger charge is 2.24. The van der Waals surface area contributed by atoms with Crippen LogP contribution in [0.25, 0.3) is 27.9 Å². The number of aryl methyl sites for hydroxylation is 1. The van der Waals surface area contributed by atoms with Crippen molar-refractivity contribution in [3.05, 3.63) is 82.0 Å². The van der Waals surface area contributed by atoms with Crippen molar-refractivity contribution in [2.24, 2.45) is 0 Å². The molecule has 0 unspecified atom stereocenters. The number of nitrogen functional groups attached to an aromatic ring is 1. The van der Waals surface area contributed by atoms with Crippen LogP contribution in [-0.4, -0.2) is 20.4 Å². The lowest BCUT2D eigenvalue weighted by Crippen LogP contribution is -2.23. The van der Waals surface area contributed by atoms with E-state index in [0.717, 1.165) is 28.0 Å². The quantitative estimate of drug-likeness (QED) is 0.425. The van der Waals surface area contributed by atoms with Crippen LogP contribution < -0.4 is 11.1 Å². The standard InChI is InChI=1S/C24H21N5OS/c1-2-15-9-11-16(12-10-15)29-22(25)20(24(30)26-14-17-6-5-13-31-17)21-23(29)28-19-8-4-3-7-18(19)27-21/h3-13H,2,14,25H2,1H3,(H,26,30). The molecular weight excluding hydrogens is 406 g/mol. The monoisotopic (exact) mass is 427 g/mol. The van der Waals surface area contributed by atoms with Crippen LogP contribution in [-0.2, 0) is 13.0 Å². The second kappa shape index (κ2) is 7.85. The lowest BCUT2D eigenvalue weighted by molar-refractivity contribution is 0.0953. The van der Waals surface area contributed by atoms with Crippen molar-refractivity contribution >= 4 is 45.3 Å². The molecule has 0 bridgehead atoms. The minimum absolute atomic E-state index is 0.260. The summed E-state index contributed by atoms with van der Waals surface area (Å²) in [4.78, 5) is 23.8. The largest absolute Gasteiger partial charge is 0.384 e. The minimum atomic E-state index is -0.260. The molecule has 0 fully saturated rings. The summed E-state index contributed by atoms with van der Waals surface area (Å²) in [7, 11) is 0. The first-order valence-electron chi connectivity index (χ1n) is 10.1. The van der Waals surface area contributed by atoms with Gasteiger partial charge in [-0.15, -0.1) is 11.3 Å². The minimum Gasteiger partial charge on any atom is -0.384 e. The third-order valence-corrected chi connectivity index (χ3v) is 6.21. The van der Waals surface area contributed by atoms with Gasteiger partial charge in [0.25, 0.3) is 5.91 Å². The summed E-state index contributed by atoms with van der Waals surface area (Å²) in [6.07, 6.45) is 0.947. The van der Waals surface area contributed by atoms with Gasteiger partial charge in [-0.25, -0.2) is 9.97 Å². The fraction of sp³-hybridized carbons (Fsp3) is 0.125. The van der Waals surface area contributed by atoms with Crippen molar-refractivity contribution in [1.82, 2.24) is 19.9 Å². The fourth-order valence-electron chi connectivity index (χ4n) is 3.70. The number of hydrogen-bond donors (Lipinski definition) is 2. The van der Waals surface area contributed by atoms with E-state index in [0.29, 0.717) is 29.1 Å². The molecule has 0 aliphatic rings. The van der Waals surface area contributed by atoms with Crippen LogP contribution in [0.1, 0.15) is 27.7 Å². The molecule has 6 nitrogen and oxygen atoms in total. The van der Waals surface area contributed by atoms with Gasteiger partial charge in [0.05, 0.1) is 17.6 Å². The van der Waals surface area contributed by atoms with Gasteiger partial charge < -0.3 is 11.1 Å². The predicted molar refractivity (Wildman–Crippen MR) is 126 cm³/mol. The van der Waals surface area contributed by atoms with Crippen LogP contribution in [0.2, 0.25) is 0 Å². The Labute approximate surface area is 183 Å². The Hall–Kier alpha value is -3.71. The van der Waals surface area contributed by atoms with E-state index in [4.69, 9.17) is 15.7 Å². The molecule has 7 heteroatoms. The first-order valence-corrected chi connectivity index (χ1v) is 11.0. The van der Waals surface area contributed by atoms with Gasteiger partial charge in [0.15, 0.2) is 5.65 Å². The maximum absolute atomic E-state index is 13.2. The third kappa shape index (κ3) is 3.43. The summed E-state index contributed by atoms with van der Waals surface area (Å²) in [5.74, 6) is 0.0719. The number of thiophene rings is 1. The highest BCUT2D eigenvalue weighted by molar-refractivity contribution is 7.09. The van der Waals surface area contributed by atoms with Crippen LogP contribution in [0.3, 0.4) is 0 Å². The van der Waals surface area contributed by atoms with Gasteiger partial charge in [0.2, 0.25) is 0 Å². The van der Waals surface area contributed by atoms with Crippen molar-refractivity contribution in [2.45, 2.75) is 19.9 Å². The van der Waals surface area contributed by atoms with Gasteiger partial charge in [-0.1, -0.05) is 37.3 Å². The second-order valence-corrected chi connectivity index (χ2v) is 8.29. The van der Waals surface area contributed by atoms with Crippen molar-refractivity contribution in [3.8, 4) is 5.69 Å². The average molecular weight is 428 g/mol. The van der Waals surface area contributed by atoms with Crippen molar-refractivity contribution < 1.29 is 4.79 Å². The number of hydrogen-bond acceptors (Lipinski definition) is 5. The molecule has 0 aliphatic heterocycles. The average Bonchev–Trinajstić information content (AvgIpc) is 3.41. The molecule has 5 rings (SSSR count). The molecular formula is C24H21N5OS. The Bertz CT molecular complexity index is 1390. The number of para-hydroxylation sites is 2. The molecule has 0 saturated carbocycles. The second-order valence-electron chi connectivity index (χ2n) is 7.26. The molecule has 5 aromatic rings. The Kier molecular flexibility index (Phi) is 4.88. The summed E-state index contributed by atoms with van der Waals surface area (Å²) >= 11 is 1.60. The number of nitrogens with one attached hydrogen (secondary N) is 1. The SMILES string of the molecule is CCc1ccc(-n2c(N)c(C(=O)NCc3cccs3)c3nc4ccccc4nc32)cc1. The highest BCUT2D eigenvalue weighted by Crippen LogP contribution is 2.31. The Morgan fingerprint density at radius 3 is 2.45 bits per heavy atom. The van der Waals surface area contributed by atoms with E-state index < -0.39 is 0 Å². The number of carbonyl (C=O) groups excluding carboxylic acids is 1. The zero-order valence-electron chi connectivity index (χ0n) is 17.0. The highest BCUT2D eigenvalue weighted by atomic mass is 32.1. The summed E-state index contributed by atoms with van der Waals surface area (Å²) in [6.45, 7) is 2.55. The molecule has 31 heavy (non-hydrogen) atoms. The van der Waals surface area contributed by atoms with Crippen LogP contribution >= 0.6 is 11.3 Å². The summed E-state index contributed by atoms with van der Waals surface area (Å²) in [6, 6.07) is 19.7. The van der Waals surface area contributed by atoms with E-state index in [1.54, 1.807) is 11.3 Å². The summed E-state index contributed by atoms with van der Waals surface area (Å²) in [5.41, 5.74) is 11.5. The van der Waals surface area contributed by atoms with Gasteiger partial charge in [-0.2, -0.15) is 0 Å². The summed E-state index contributed by atoms with van der Waals surface area (Å²) in [5, 5.41) is 4.96. The maximum atomic E-state index is 13.2. The van der Waals surface area contributed by atoms with Gasteiger partial charge in [0, 0.05) is 10.6 Å². The lowest BCUT2D eigenvalue weighted by Gasteiger charge is -2.09. The van der Waals surface area contributed by atoms with Crippen LogP contribution in [0.5, 0.6) is 0 Å². The van der Waals surface area contributed by atoms with Crippen molar-refractivity contribution in [2.75, 3.05) is 5.73 Å². The lowest BCUT2D eigenvalue weighted by atomic mass is 10.1. The maximum Gasteiger partial charge on any atom is 0.257 e. The zero-order chi connectivity index (χ0) is 21.4. The number of amides is 1. The topological polar surface area (TPSA) is 85.8 Å². The van der Waals surface area contributed by atoms with E-state index >= 15 is 0 Å². The van der Waals surface area contributed by atoms with Crippen LogP contribution in [0, 0.1) is 0 Å². The van der Waals surface area contributed by atoms with E-state index in [9.17, 15) is 4.79 Å². The molecule has 0 radical (unpaired) electrons. The number of carbonyl (C=O) groups is 1. The van der Waals surface area contributed by atoms with Gasteiger partial charge in [-0.3, -0.25) is 9.36 Å². The smallest absolute Gasteiger partial charge is 0.257 e. The fourth-order valence-corrected chi connectivity index (χ4v) is 4.34. The van der Waals surface area contributed by atoms with Crippen molar-refractivity contribution in [1.29, 1.82) is 0 Å². The Morgan fingerprint density at radius 2 is 1.77 bits per heavy atom. The number of aromatic nitrogens is 3. The van der Waals surface area contributed by atoms with Crippen molar-refractivity contribution in [3.63, 3.8) is 0 Å². The predicted octanol–water partition coefficient (Wildman–Crippen LogP) is 4.71. The number of nitrogens with two attached hydrogens (primary N) is 1. The van der Waals surface area contributed by atoms with E-state index in [-0.39, 0.29) is 5.91 Å². The normalized spacial score (nSPS) is 11.3. The number of nitrogens with zero attached hydrogens (tertiary/aromatic N) is 3. The van der Waals surface area contributed by atoms with E-state index in [2.05, 4.69) is 24.4 Å². The first-order chi connectivity index (χ1) is 15.2. The summed E-state index contributed by atoms with van der Waals surface area (Å²) < 4.78 is 1.81. The molecule has 0 saturated heterocycles. The van der Waals surface area contributed by atoms with Gasteiger partial charge >= 0.3 is 0 Å². The first kappa shape index (κ1) is 19.3. The molecule has 3 heterocycles. The number of benzene rings is 2. The number of anilines is 1. The molecule has 1 amide bonds. The number of fused-ring (bicyclic) bond motifs is 2. The van der Waals surface area contributed by atoms with E-state index in [1.165, 1.54) is 5.56 Å². The molecule has 3 aromatic heterocycles.